The molecular weight excluding hydrogens is 793 g/mol. The van der Waals surface area contributed by atoms with Crippen LogP contribution >= 0.6 is 0 Å². The minimum atomic E-state index is -0.819. The van der Waals surface area contributed by atoms with E-state index in [-0.39, 0.29) is 44.0 Å². The summed E-state index contributed by atoms with van der Waals surface area (Å²) in [4.78, 5) is 37.9. The fourth-order valence-electron chi connectivity index (χ4n) is 7.42. The van der Waals surface area contributed by atoms with Crippen LogP contribution in [0.15, 0.2) is 72.9 Å². The zero-order valence-corrected chi connectivity index (χ0v) is 42.0. The Kier molecular flexibility index (Phi) is 49.9. The predicted octanol–water partition coefficient (Wildman–Crippen LogP) is 17.8. The zero-order valence-electron chi connectivity index (χ0n) is 42.0. The molecule has 0 bridgehead atoms. The van der Waals surface area contributed by atoms with Gasteiger partial charge in [-0.25, -0.2) is 0 Å². The first-order valence-corrected chi connectivity index (χ1v) is 26.9. The first-order valence-electron chi connectivity index (χ1n) is 26.9. The maximum absolute atomic E-state index is 12.8. The molecule has 0 fully saturated rings. The number of rotatable bonds is 48. The topological polar surface area (TPSA) is 78.9 Å². The molecule has 0 saturated carbocycles. The van der Waals surface area contributed by atoms with Gasteiger partial charge in [0.25, 0.3) is 0 Å². The first kappa shape index (κ1) is 60.9. The average Bonchev–Trinajstić information content (AvgIpc) is 3.29. The van der Waals surface area contributed by atoms with E-state index < -0.39 is 6.10 Å². The molecule has 0 N–H and O–H groups in total. The lowest BCUT2D eigenvalue weighted by Crippen LogP contribution is -2.30. The van der Waals surface area contributed by atoms with Crippen molar-refractivity contribution >= 4 is 17.9 Å². The summed E-state index contributed by atoms with van der Waals surface area (Å²) in [5.41, 5.74) is 0. The Morgan fingerprint density at radius 3 is 1.02 bits per heavy atom. The summed E-state index contributed by atoms with van der Waals surface area (Å²) in [6.45, 7) is 6.44. The molecule has 0 aromatic heterocycles. The normalized spacial score (nSPS) is 12.6. The van der Waals surface area contributed by atoms with Crippen molar-refractivity contribution in [3.05, 3.63) is 72.9 Å². The Balaban J connectivity index is 4.44. The number of esters is 3. The zero-order chi connectivity index (χ0) is 46.5. The van der Waals surface area contributed by atoms with E-state index >= 15 is 0 Å². The summed E-state index contributed by atoms with van der Waals surface area (Å²) in [6, 6.07) is 0. The molecule has 0 aliphatic heterocycles. The molecule has 0 saturated heterocycles. The van der Waals surface area contributed by atoms with Crippen LogP contribution in [0.4, 0.5) is 0 Å². The van der Waals surface area contributed by atoms with Gasteiger partial charge in [-0.1, -0.05) is 235 Å². The minimum absolute atomic E-state index is 0.109. The molecule has 0 aliphatic rings. The lowest BCUT2D eigenvalue weighted by Gasteiger charge is -2.18. The Morgan fingerprint density at radius 1 is 0.328 bits per heavy atom. The van der Waals surface area contributed by atoms with E-state index in [2.05, 4.69) is 93.7 Å². The smallest absolute Gasteiger partial charge is 0.306 e. The molecular formula is C58H100O6. The van der Waals surface area contributed by atoms with Gasteiger partial charge >= 0.3 is 17.9 Å². The van der Waals surface area contributed by atoms with E-state index in [4.69, 9.17) is 14.2 Å². The van der Waals surface area contributed by atoms with Crippen LogP contribution in [0.25, 0.3) is 0 Å². The fraction of sp³-hybridized carbons (Fsp3) is 0.741. The van der Waals surface area contributed by atoms with Crippen molar-refractivity contribution in [1.82, 2.24) is 0 Å². The van der Waals surface area contributed by atoms with Crippen LogP contribution in [0.3, 0.4) is 0 Å². The van der Waals surface area contributed by atoms with Crippen LogP contribution in [0, 0.1) is 0 Å². The second-order valence-electron chi connectivity index (χ2n) is 17.8. The average molecular weight is 893 g/mol. The Hall–Kier alpha value is -3.15. The highest BCUT2D eigenvalue weighted by atomic mass is 16.6. The van der Waals surface area contributed by atoms with Crippen LogP contribution in [0.1, 0.15) is 258 Å². The van der Waals surface area contributed by atoms with Gasteiger partial charge < -0.3 is 14.2 Å². The van der Waals surface area contributed by atoms with Gasteiger partial charge in [-0.05, 0) is 77.0 Å². The van der Waals surface area contributed by atoms with Gasteiger partial charge in [0, 0.05) is 19.3 Å². The number of hydrogen-bond donors (Lipinski definition) is 0. The van der Waals surface area contributed by atoms with E-state index in [9.17, 15) is 14.4 Å². The third-order valence-corrected chi connectivity index (χ3v) is 11.4. The Bertz CT molecular complexity index is 1210. The van der Waals surface area contributed by atoms with E-state index in [1.54, 1.807) is 0 Å². The summed E-state index contributed by atoms with van der Waals surface area (Å²) in [7, 11) is 0. The molecule has 0 rings (SSSR count). The molecule has 0 aromatic carbocycles. The maximum atomic E-state index is 12.8. The van der Waals surface area contributed by atoms with Crippen molar-refractivity contribution in [3.8, 4) is 0 Å². The second kappa shape index (κ2) is 52.5. The summed E-state index contributed by atoms with van der Waals surface area (Å²) in [5, 5.41) is 0. The molecule has 0 aromatic rings. The van der Waals surface area contributed by atoms with E-state index in [1.165, 1.54) is 141 Å². The highest BCUT2D eigenvalue weighted by Gasteiger charge is 2.19. The van der Waals surface area contributed by atoms with E-state index in [0.717, 1.165) is 64.2 Å². The lowest BCUT2D eigenvalue weighted by atomic mass is 10.0. The molecule has 368 valence electrons. The number of carbonyl (C=O) groups is 3. The fourth-order valence-corrected chi connectivity index (χ4v) is 7.42. The third kappa shape index (κ3) is 49.9. The van der Waals surface area contributed by atoms with Gasteiger partial charge in [0.05, 0.1) is 0 Å². The van der Waals surface area contributed by atoms with Crippen LogP contribution in [-0.4, -0.2) is 37.2 Å². The third-order valence-electron chi connectivity index (χ3n) is 11.4. The van der Waals surface area contributed by atoms with Crippen molar-refractivity contribution in [2.75, 3.05) is 13.2 Å². The SMILES string of the molecule is CC/C=C\C/C=C\C/C=C\CCCC(=O)OCC(COC(=O)CCCCCCCCCCCCCCCCCCCC)OC(=O)CCC/C=C\C/C=C\C/C=C\CCCCCCCC. The van der Waals surface area contributed by atoms with Gasteiger partial charge in [-0.3, -0.25) is 14.4 Å². The van der Waals surface area contributed by atoms with Gasteiger partial charge in [0.1, 0.15) is 13.2 Å². The minimum Gasteiger partial charge on any atom is -0.462 e. The molecule has 0 heterocycles. The lowest BCUT2D eigenvalue weighted by molar-refractivity contribution is -0.167. The quantitative estimate of drug-likeness (QED) is 0.0262. The van der Waals surface area contributed by atoms with Crippen LogP contribution in [0.2, 0.25) is 0 Å². The van der Waals surface area contributed by atoms with Gasteiger partial charge in [-0.15, -0.1) is 0 Å². The number of ether oxygens (including phenoxy) is 3. The number of carbonyl (C=O) groups excluding carboxylic acids is 3. The Morgan fingerprint density at radius 2 is 0.625 bits per heavy atom. The van der Waals surface area contributed by atoms with Crippen molar-refractivity contribution in [1.29, 1.82) is 0 Å². The van der Waals surface area contributed by atoms with E-state index in [1.807, 2.05) is 0 Å². The van der Waals surface area contributed by atoms with Crippen molar-refractivity contribution in [2.45, 2.75) is 264 Å². The standard InChI is InChI=1S/C58H100O6/c1-4-7-10-13-16-19-22-24-26-28-30-31-33-36-39-42-45-48-51-57(60)63-54-55(53-62-56(59)50-47-44-41-38-35-21-18-15-12-9-6-3)64-58(61)52-49-46-43-40-37-34-32-29-27-25-23-20-17-14-11-8-5-2/h9,12,18,21,25,27,32,34,38,40-41,43,55H,4-8,10-11,13-17,19-20,22-24,26,28-31,33,35-37,39,42,44-54H2,1-3H3/b12-9-,21-18-,27-25-,34-32-,41-38-,43-40-. The Labute approximate surface area is 395 Å². The van der Waals surface area contributed by atoms with Crippen LogP contribution in [-0.2, 0) is 28.6 Å². The number of allylic oxidation sites excluding steroid dienone is 12. The van der Waals surface area contributed by atoms with Gasteiger partial charge in [0.15, 0.2) is 6.10 Å². The molecule has 64 heavy (non-hydrogen) atoms. The molecule has 1 unspecified atom stereocenters. The molecule has 6 heteroatoms. The highest BCUT2D eigenvalue weighted by Crippen LogP contribution is 2.15. The highest BCUT2D eigenvalue weighted by molar-refractivity contribution is 5.71. The summed E-state index contributed by atoms with van der Waals surface area (Å²) < 4.78 is 16.7. The molecule has 0 aliphatic carbocycles. The van der Waals surface area contributed by atoms with Crippen LogP contribution < -0.4 is 0 Å². The summed E-state index contributed by atoms with van der Waals surface area (Å²) in [5.74, 6) is -1.01. The van der Waals surface area contributed by atoms with Crippen molar-refractivity contribution in [2.24, 2.45) is 0 Å². The second-order valence-corrected chi connectivity index (χ2v) is 17.8. The summed E-state index contributed by atoms with van der Waals surface area (Å²) >= 11 is 0. The summed E-state index contributed by atoms with van der Waals surface area (Å²) in [6.07, 6.45) is 66.3. The van der Waals surface area contributed by atoms with Gasteiger partial charge in [0.2, 0.25) is 0 Å². The maximum Gasteiger partial charge on any atom is 0.306 e. The van der Waals surface area contributed by atoms with E-state index in [0.29, 0.717) is 19.3 Å². The molecule has 0 radical (unpaired) electrons. The molecule has 0 spiro atoms. The number of unbranched alkanes of at least 4 members (excludes halogenated alkanes) is 25. The van der Waals surface area contributed by atoms with Crippen molar-refractivity contribution < 1.29 is 28.6 Å². The monoisotopic (exact) mass is 893 g/mol. The first-order chi connectivity index (χ1) is 31.5. The number of hydrogen-bond acceptors (Lipinski definition) is 6. The van der Waals surface area contributed by atoms with Gasteiger partial charge in [-0.2, -0.15) is 0 Å². The predicted molar refractivity (Wildman–Crippen MR) is 274 cm³/mol. The molecule has 1 atom stereocenters. The molecule has 6 nitrogen and oxygen atoms in total. The molecule has 0 amide bonds. The largest absolute Gasteiger partial charge is 0.462 e. The van der Waals surface area contributed by atoms with Crippen molar-refractivity contribution in [3.63, 3.8) is 0 Å². The van der Waals surface area contributed by atoms with Crippen LogP contribution in [0.5, 0.6) is 0 Å².